The van der Waals surface area contributed by atoms with Gasteiger partial charge in [-0.1, -0.05) is 23.2 Å². The first-order chi connectivity index (χ1) is 6.63. The summed E-state index contributed by atoms with van der Waals surface area (Å²) in [5.74, 6) is 0. The van der Waals surface area contributed by atoms with Crippen LogP contribution < -0.4 is 0 Å². The number of aromatic amines is 1. The van der Waals surface area contributed by atoms with Crippen molar-refractivity contribution >= 4 is 34.1 Å². The molecule has 2 nitrogen and oxygen atoms in total. The molecular weight excluding hydrogens is 221 g/mol. The number of halogens is 2. The van der Waals surface area contributed by atoms with Gasteiger partial charge < -0.3 is 10.1 Å². The van der Waals surface area contributed by atoms with Crippen LogP contribution in [0.3, 0.4) is 0 Å². The average molecular weight is 230 g/mol. The summed E-state index contributed by atoms with van der Waals surface area (Å²) in [5, 5.41) is 11.2. The van der Waals surface area contributed by atoms with Crippen molar-refractivity contribution in [1.82, 2.24) is 4.98 Å². The largest absolute Gasteiger partial charge is 0.392 e. The highest BCUT2D eigenvalue weighted by Crippen LogP contribution is 2.31. The van der Waals surface area contributed by atoms with Crippen molar-refractivity contribution in [1.29, 1.82) is 0 Å². The Morgan fingerprint density at radius 3 is 2.71 bits per heavy atom. The lowest BCUT2D eigenvalue weighted by Gasteiger charge is -1.97. The molecule has 0 saturated heterocycles. The molecule has 14 heavy (non-hydrogen) atoms. The van der Waals surface area contributed by atoms with E-state index >= 15 is 0 Å². The standard InChI is InChI=1S/C10H9Cl2NO/c1-5-8(4-14)7-2-6(11)3-9(12)10(7)13-5/h2-3,13-14H,4H2,1H3. The third kappa shape index (κ3) is 1.40. The lowest BCUT2D eigenvalue weighted by molar-refractivity contribution is 0.282. The molecule has 1 aromatic heterocycles. The predicted octanol–water partition coefficient (Wildman–Crippen LogP) is 3.28. The van der Waals surface area contributed by atoms with E-state index in [9.17, 15) is 5.11 Å². The topological polar surface area (TPSA) is 36.0 Å². The predicted molar refractivity (Wildman–Crippen MR) is 59.0 cm³/mol. The number of benzene rings is 1. The first-order valence-electron chi connectivity index (χ1n) is 4.20. The molecule has 4 heteroatoms. The minimum absolute atomic E-state index is 0.0114. The zero-order valence-electron chi connectivity index (χ0n) is 7.56. The van der Waals surface area contributed by atoms with E-state index in [0.717, 1.165) is 22.2 Å². The van der Waals surface area contributed by atoms with Gasteiger partial charge in [-0.2, -0.15) is 0 Å². The van der Waals surface area contributed by atoms with Crippen molar-refractivity contribution in [2.24, 2.45) is 0 Å². The molecule has 0 aliphatic heterocycles. The molecule has 0 spiro atoms. The summed E-state index contributed by atoms with van der Waals surface area (Å²) in [5.41, 5.74) is 2.61. The monoisotopic (exact) mass is 229 g/mol. The average Bonchev–Trinajstić information content (AvgIpc) is 2.41. The van der Waals surface area contributed by atoms with Crippen LogP contribution in [-0.2, 0) is 6.61 Å². The number of fused-ring (bicyclic) bond motifs is 1. The number of H-pyrrole nitrogens is 1. The SMILES string of the molecule is Cc1[nH]c2c(Cl)cc(Cl)cc2c1CO. The summed E-state index contributed by atoms with van der Waals surface area (Å²) in [6.45, 7) is 1.89. The molecule has 0 unspecified atom stereocenters. The maximum Gasteiger partial charge on any atom is 0.0705 e. The Morgan fingerprint density at radius 2 is 2.07 bits per heavy atom. The van der Waals surface area contributed by atoms with Gasteiger partial charge in [-0.3, -0.25) is 0 Å². The number of rotatable bonds is 1. The van der Waals surface area contributed by atoms with Crippen LogP contribution in [0.5, 0.6) is 0 Å². The second-order valence-corrected chi connectivity index (χ2v) is 4.04. The van der Waals surface area contributed by atoms with Gasteiger partial charge in [0.05, 0.1) is 17.1 Å². The van der Waals surface area contributed by atoms with Crippen LogP contribution >= 0.6 is 23.2 Å². The van der Waals surface area contributed by atoms with E-state index in [2.05, 4.69) is 4.98 Å². The molecule has 0 bridgehead atoms. The summed E-state index contributed by atoms with van der Waals surface area (Å²) in [6, 6.07) is 3.49. The summed E-state index contributed by atoms with van der Waals surface area (Å²) >= 11 is 11.9. The molecular formula is C10H9Cl2NO. The van der Waals surface area contributed by atoms with Crippen LogP contribution in [-0.4, -0.2) is 10.1 Å². The molecule has 0 aliphatic rings. The van der Waals surface area contributed by atoms with E-state index in [4.69, 9.17) is 23.2 Å². The third-order valence-corrected chi connectivity index (χ3v) is 2.82. The Balaban J connectivity index is 2.87. The first-order valence-corrected chi connectivity index (χ1v) is 4.96. The van der Waals surface area contributed by atoms with Crippen LogP contribution in [0, 0.1) is 6.92 Å². The zero-order chi connectivity index (χ0) is 10.3. The van der Waals surface area contributed by atoms with Crippen LogP contribution in [0.4, 0.5) is 0 Å². The van der Waals surface area contributed by atoms with Crippen LogP contribution in [0.25, 0.3) is 10.9 Å². The van der Waals surface area contributed by atoms with Crippen molar-refractivity contribution in [3.63, 3.8) is 0 Å². The molecule has 0 amide bonds. The Bertz CT molecular complexity index is 490. The van der Waals surface area contributed by atoms with Gasteiger partial charge in [0, 0.05) is 21.7 Å². The maximum atomic E-state index is 9.18. The summed E-state index contributed by atoms with van der Waals surface area (Å²) in [6.07, 6.45) is 0. The summed E-state index contributed by atoms with van der Waals surface area (Å²) in [7, 11) is 0. The Kier molecular flexibility index (Phi) is 2.43. The highest BCUT2D eigenvalue weighted by atomic mass is 35.5. The molecule has 0 aliphatic carbocycles. The van der Waals surface area contributed by atoms with Gasteiger partial charge in [-0.05, 0) is 19.1 Å². The van der Waals surface area contributed by atoms with Crippen molar-refractivity contribution in [3.05, 3.63) is 33.4 Å². The van der Waals surface area contributed by atoms with E-state index in [1.54, 1.807) is 12.1 Å². The molecule has 74 valence electrons. The van der Waals surface area contributed by atoms with Crippen LogP contribution in [0.15, 0.2) is 12.1 Å². The fraction of sp³-hybridized carbons (Fsp3) is 0.200. The number of aliphatic hydroxyl groups excluding tert-OH is 1. The van der Waals surface area contributed by atoms with Crippen LogP contribution in [0.2, 0.25) is 10.0 Å². The first kappa shape index (κ1) is 9.84. The Morgan fingerprint density at radius 1 is 1.36 bits per heavy atom. The number of aryl methyl sites for hydroxylation is 1. The van der Waals surface area contributed by atoms with Gasteiger partial charge in [0.15, 0.2) is 0 Å². The maximum absolute atomic E-state index is 9.18. The van der Waals surface area contributed by atoms with Gasteiger partial charge >= 0.3 is 0 Å². The third-order valence-electron chi connectivity index (χ3n) is 2.30. The molecule has 2 rings (SSSR count). The number of hydrogen-bond acceptors (Lipinski definition) is 1. The minimum Gasteiger partial charge on any atom is -0.392 e. The van der Waals surface area contributed by atoms with Gasteiger partial charge in [-0.25, -0.2) is 0 Å². The lowest BCUT2D eigenvalue weighted by Crippen LogP contribution is -1.83. The van der Waals surface area contributed by atoms with Crippen molar-refractivity contribution in [2.75, 3.05) is 0 Å². The fourth-order valence-corrected chi connectivity index (χ4v) is 2.15. The van der Waals surface area contributed by atoms with Gasteiger partial charge in [0.2, 0.25) is 0 Å². The van der Waals surface area contributed by atoms with Crippen LogP contribution in [0.1, 0.15) is 11.3 Å². The normalized spacial score (nSPS) is 11.1. The van der Waals surface area contributed by atoms with E-state index in [0.29, 0.717) is 10.0 Å². The highest BCUT2D eigenvalue weighted by Gasteiger charge is 2.10. The van der Waals surface area contributed by atoms with Crippen molar-refractivity contribution in [2.45, 2.75) is 13.5 Å². The van der Waals surface area contributed by atoms with E-state index < -0.39 is 0 Å². The van der Waals surface area contributed by atoms with Crippen molar-refractivity contribution < 1.29 is 5.11 Å². The quantitative estimate of drug-likeness (QED) is 0.774. The van der Waals surface area contributed by atoms with E-state index in [1.165, 1.54) is 0 Å². The van der Waals surface area contributed by atoms with E-state index in [-0.39, 0.29) is 6.61 Å². The van der Waals surface area contributed by atoms with Gasteiger partial charge in [0.25, 0.3) is 0 Å². The fourth-order valence-electron chi connectivity index (χ4n) is 1.61. The number of hydrogen-bond donors (Lipinski definition) is 2. The molecule has 0 radical (unpaired) electrons. The number of nitrogens with one attached hydrogen (secondary N) is 1. The smallest absolute Gasteiger partial charge is 0.0705 e. The molecule has 0 fully saturated rings. The molecule has 1 aromatic carbocycles. The number of aromatic nitrogens is 1. The highest BCUT2D eigenvalue weighted by molar-refractivity contribution is 6.38. The minimum atomic E-state index is -0.0114. The number of aliphatic hydroxyl groups is 1. The Labute approximate surface area is 91.5 Å². The molecule has 2 N–H and O–H groups in total. The molecule has 2 aromatic rings. The van der Waals surface area contributed by atoms with E-state index in [1.807, 2.05) is 6.92 Å². The summed E-state index contributed by atoms with van der Waals surface area (Å²) < 4.78 is 0. The second kappa shape index (κ2) is 3.46. The molecule has 0 atom stereocenters. The summed E-state index contributed by atoms with van der Waals surface area (Å²) in [4.78, 5) is 3.12. The zero-order valence-corrected chi connectivity index (χ0v) is 9.08. The van der Waals surface area contributed by atoms with Gasteiger partial charge in [-0.15, -0.1) is 0 Å². The second-order valence-electron chi connectivity index (χ2n) is 3.20. The Hall–Kier alpha value is -0.700. The molecule has 1 heterocycles. The van der Waals surface area contributed by atoms with Gasteiger partial charge in [0.1, 0.15) is 0 Å². The van der Waals surface area contributed by atoms with Crippen molar-refractivity contribution in [3.8, 4) is 0 Å². The molecule has 0 saturated carbocycles. The lowest BCUT2D eigenvalue weighted by atomic mass is 10.1.